The van der Waals surface area contributed by atoms with Crippen LogP contribution in [0, 0.1) is 0 Å². The van der Waals surface area contributed by atoms with Crippen molar-refractivity contribution in [1.29, 1.82) is 0 Å². The molecule has 0 amide bonds. The highest BCUT2D eigenvalue weighted by molar-refractivity contribution is 6.22. The number of fused-ring (bicyclic) bond motifs is 6. The van der Waals surface area contributed by atoms with Crippen LogP contribution in [0.5, 0.6) is 0 Å². The van der Waals surface area contributed by atoms with Gasteiger partial charge < -0.3 is 15.5 Å². The summed E-state index contributed by atoms with van der Waals surface area (Å²) in [6.45, 7) is 0. The topological polar surface area (TPSA) is 64.9 Å². The Morgan fingerprint density at radius 3 is 1.81 bits per heavy atom. The molecule has 0 bridgehead atoms. The molecule has 0 saturated heterocycles. The Morgan fingerprint density at radius 1 is 0.472 bits per heavy atom. The number of amidine groups is 2. The molecule has 0 fully saturated rings. The standard InChI is InChI=1S/C47H34N6/c1-4-12-33(13-5-1)44-50-45(34-14-6-2-7-15-34)52-46(51-44)35-24-20-31(21-25-35)32-22-26-36(27-23-32)47-49-42-40-19-11-10-18-38(40)39-28-29-48-30-41(39)43(42)53(47)37-16-8-3-9-17-37/h1-30,44,47,49H,(H,50,51,52). The van der Waals surface area contributed by atoms with Gasteiger partial charge in [-0.05, 0) is 51.2 Å². The van der Waals surface area contributed by atoms with Gasteiger partial charge in [-0.2, -0.15) is 0 Å². The summed E-state index contributed by atoms with van der Waals surface area (Å²) in [5, 5.41) is 12.3. The van der Waals surface area contributed by atoms with Gasteiger partial charge in [0.1, 0.15) is 18.2 Å². The fourth-order valence-corrected chi connectivity index (χ4v) is 7.64. The molecular weight excluding hydrogens is 649 g/mol. The number of anilines is 3. The Labute approximate surface area is 307 Å². The summed E-state index contributed by atoms with van der Waals surface area (Å²) >= 11 is 0. The molecule has 2 aliphatic heterocycles. The molecule has 0 spiro atoms. The van der Waals surface area contributed by atoms with Crippen LogP contribution in [0.3, 0.4) is 0 Å². The van der Waals surface area contributed by atoms with Crippen molar-refractivity contribution in [3.8, 4) is 11.1 Å². The highest BCUT2D eigenvalue weighted by Crippen LogP contribution is 2.53. The lowest BCUT2D eigenvalue weighted by atomic mass is 9.99. The third-order valence-corrected chi connectivity index (χ3v) is 10.2. The predicted molar refractivity (Wildman–Crippen MR) is 218 cm³/mol. The Balaban J connectivity index is 0.978. The lowest BCUT2D eigenvalue weighted by Gasteiger charge is -2.28. The van der Waals surface area contributed by atoms with Gasteiger partial charge in [-0.15, -0.1) is 0 Å². The third-order valence-electron chi connectivity index (χ3n) is 10.2. The molecule has 2 unspecified atom stereocenters. The smallest absolute Gasteiger partial charge is 0.159 e. The van der Waals surface area contributed by atoms with Crippen LogP contribution in [0.15, 0.2) is 192 Å². The molecule has 2 atom stereocenters. The molecule has 0 radical (unpaired) electrons. The van der Waals surface area contributed by atoms with E-state index in [-0.39, 0.29) is 12.3 Å². The third kappa shape index (κ3) is 5.49. The van der Waals surface area contributed by atoms with Crippen molar-refractivity contribution in [3.05, 3.63) is 205 Å². The zero-order valence-corrected chi connectivity index (χ0v) is 28.8. The lowest BCUT2D eigenvalue weighted by Crippen LogP contribution is -2.33. The molecule has 3 heterocycles. The van der Waals surface area contributed by atoms with Crippen LogP contribution >= 0.6 is 0 Å². The van der Waals surface area contributed by atoms with Gasteiger partial charge in [0.25, 0.3) is 0 Å². The van der Waals surface area contributed by atoms with Crippen molar-refractivity contribution in [1.82, 2.24) is 10.3 Å². The summed E-state index contributed by atoms with van der Waals surface area (Å²) in [7, 11) is 0. The van der Waals surface area contributed by atoms with E-state index in [9.17, 15) is 0 Å². The zero-order chi connectivity index (χ0) is 35.1. The van der Waals surface area contributed by atoms with Crippen molar-refractivity contribution >= 4 is 50.3 Å². The summed E-state index contributed by atoms with van der Waals surface area (Å²) in [5.41, 5.74) is 9.95. The minimum atomic E-state index is -0.232. The van der Waals surface area contributed by atoms with E-state index in [2.05, 4.69) is 154 Å². The van der Waals surface area contributed by atoms with Crippen LogP contribution in [0.4, 0.5) is 17.1 Å². The number of aliphatic imine (C=N–C) groups is 2. The summed E-state index contributed by atoms with van der Waals surface area (Å²) < 4.78 is 0. The number of benzene rings is 7. The van der Waals surface area contributed by atoms with Crippen LogP contribution < -0.4 is 15.5 Å². The zero-order valence-electron chi connectivity index (χ0n) is 28.8. The van der Waals surface area contributed by atoms with Gasteiger partial charge in [0.15, 0.2) is 5.84 Å². The fourth-order valence-electron chi connectivity index (χ4n) is 7.64. The van der Waals surface area contributed by atoms with Gasteiger partial charge in [0, 0.05) is 40.0 Å². The van der Waals surface area contributed by atoms with Crippen molar-refractivity contribution < 1.29 is 0 Å². The van der Waals surface area contributed by atoms with Gasteiger partial charge in [-0.1, -0.05) is 152 Å². The maximum absolute atomic E-state index is 4.98. The first-order valence-corrected chi connectivity index (χ1v) is 17.9. The number of rotatable bonds is 6. The Hall–Kier alpha value is -7.05. The highest BCUT2D eigenvalue weighted by Gasteiger charge is 2.34. The molecule has 6 nitrogen and oxygen atoms in total. The van der Waals surface area contributed by atoms with E-state index in [0.29, 0.717) is 0 Å². The molecule has 6 heteroatoms. The number of para-hydroxylation sites is 1. The highest BCUT2D eigenvalue weighted by atomic mass is 15.3. The molecule has 252 valence electrons. The summed E-state index contributed by atoms with van der Waals surface area (Å²) in [4.78, 5) is 16.9. The van der Waals surface area contributed by atoms with E-state index >= 15 is 0 Å². The normalized spacial score (nSPS) is 16.4. The second kappa shape index (κ2) is 12.9. The number of pyridine rings is 1. The van der Waals surface area contributed by atoms with E-state index in [1.807, 2.05) is 48.8 Å². The van der Waals surface area contributed by atoms with E-state index in [0.717, 1.165) is 61.9 Å². The molecule has 1 aromatic heterocycles. The summed E-state index contributed by atoms with van der Waals surface area (Å²) in [6, 6.07) is 59.4. The van der Waals surface area contributed by atoms with Crippen LogP contribution in [-0.2, 0) is 0 Å². The van der Waals surface area contributed by atoms with Gasteiger partial charge in [0.05, 0.1) is 11.4 Å². The van der Waals surface area contributed by atoms with Crippen molar-refractivity contribution in [2.24, 2.45) is 9.98 Å². The second-order valence-corrected chi connectivity index (χ2v) is 13.4. The molecule has 10 rings (SSSR count). The van der Waals surface area contributed by atoms with Gasteiger partial charge in [-0.3, -0.25) is 4.98 Å². The Morgan fingerprint density at radius 2 is 1.08 bits per heavy atom. The van der Waals surface area contributed by atoms with Crippen LogP contribution in [0.2, 0.25) is 0 Å². The van der Waals surface area contributed by atoms with Crippen molar-refractivity contribution in [2.45, 2.75) is 12.3 Å². The van der Waals surface area contributed by atoms with Gasteiger partial charge in [-0.25, -0.2) is 9.98 Å². The first-order chi connectivity index (χ1) is 26.3. The number of hydrogen-bond donors (Lipinski definition) is 2. The van der Waals surface area contributed by atoms with Crippen molar-refractivity contribution in [2.75, 3.05) is 10.2 Å². The SMILES string of the molecule is c1ccc(C2=NC(c3ccccc3)NC(c3ccc(-c4ccc(C5Nc6c(c7cnccc7c7ccccc67)N5c5ccccc5)cc4)cc3)=N2)cc1. The predicted octanol–water partition coefficient (Wildman–Crippen LogP) is 10.8. The van der Waals surface area contributed by atoms with Crippen LogP contribution in [0.1, 0.15) is 34.6 Å². The van der Waals surface area contributed by atoms with Gasteiger partial charge in [0.2, 0.25) is 0 Å². The van der Waals surface area contributed by atoms with Crippen molar-refractivity contribution in [3.63, 3.8) is 0 Å². The average Bonchev–Trinajstić information content (AvgIpc) is 3.66. The van der Waals surface area contributed by atoms with E-state index < -0.39 is 0 Å². The number of aromatic nitrogens is 1. The van der Waals surface area contributed by atoms with Gasteiger partial charge >= 0.3 is 0 Å². The quantitative estimate of drug-likeness (QED) is 0.171. The molecule has 2 N–H and O–H groups in total. The van der Waals surface area contributed by atoms with E-state index in [1.54, 1.807) is 0 Å². The number of nitrogens with zero attached hydrogens (tertiary/aromatic N) is 4. The molecule has 53 heavy (non-hydrogen) atoms. The summed E-state index contributed by atoms with van der Waals surface area (Å²) in [5.74, 6) is 1.52. The minimum Gasteiger partial charge on any atom is -0.359 e. The Bertz CT molecular complexity index is 2650. The molecule has 0 saturated carbocycles. The first kappa shape index (κ1) is 30.7. The van der Waals surface area contributed by atoms with Crippen LogP contribution in [-0.4, -0.2) is 16.7 Å². The molecule has 0 aliphatic carbocycles. The number of nitrogens with one attached hydrogen (secondary N) is 2. The second-order valence-electron chi connectivity index (χ2n) is 13.4. The number of hydrogen-bond acceptors (Lipinski definition) is 6. The molecule has 8 aromatic rings. The first-order valence-electron chi connectivity index (χ1n) is 17.9. The molecule has 2 aliphatic rings. The minimum absolute atomic E-state index is 0.105. The maximum Gasteiger partial charge on any atom is 0.159 e. The average molecular weight is 683 g/mol. The summed E-state index contributed by atoms with van der Waals surface area (Å²) in [6.07, 6.45) is 3.55. The van der Waals surface area contributed by atoms with E-state index in [1.165, 1.54) is 21.7 Å². The Kier molecular flexibility index (Phi) is 7.50. The maximum atomic E-state index is 4.98. The molecular formula is C47H34N6. The largest absolute Gasteiger partial charge is 0.359 e. The fraction of sp³-hybridized carbons (Fsp3) is 0.0426. The van der Waals surface area contributed by atoms with E-state index in [4.69, 9.17) is 9.98 Å². The van der Waals surface area contributed by atoms with Crippen LogP contribution in [0.25, 0.3) is 32.7 Å². The lowest BCUT2D eigenvalue weighted by molar-refractivity contribution is 0.674. The monoisotopic (exact) mass is 682 g/mol. The molecule has 7 aromatic carbocycles.